The van der Waals surface area contributed by atoms with Crippen molar-refractivity contribution in [1.82, 2.24) is 0 Å². The molecule has 0 aliphatic carbocycles. The largest absolute Gasteiger partial charge is 0.342 e. The predicted octanol–water partition coefficient (Wildman–Crippen LogP) is 4.79. The first-order valence-electron chi connectivity index (χ1n) is 8.97. The summed E-state index contributed by atoms with van der Waals surface area (Å²) in [5.41, 5.74) is 0.375. The van der Waals surface area contributed by atoms with Crippen LogP contribution in [0.4, 0.5) is 8.78 Å². The summed E-state index contributed by atoms with van der Waals surface area (Å²) < 4.78 is 69.8. The van der Waals surface area contributed by atoms with Crippen LogP contribution in [0, 0.1) is 11.6 Å². The highest BCUT2D eigenvalue weighted by Gasteiger charge is 2.46. The molecular formula is C21H17BrF2O5S. The standard InChI is InChI=1S/C21H17BrF2O5S/c1-27-30(25,26)19-9-6-13-4-2-3-5-15(13)20(19)18-11-28-21(12-22,29-18)16-8-7-14(23)10-17(16)24/h2-10,18H,11-12H2,1H3/t18-,21-/m0/s1. The Morgan fingerprint density at radius 3 is 2.63 bits per heavy atom. The number of ether oxygens (including phenoxy) is 2. The first-order valence-corrected chi connectivity index (χ1v) is 11.5. The van der Waals surface area contributed by atoms with Gasteiger partial charge in [0, 0.05) is 17.2 Å². The molecule has 1 aliphatic heterocycles. The molecule has 2 atom stereocenters. The van der Waals surface area contributed by atoms with Crippen LogP contribution in [-0.2, 0) is 29.6 Å². The summed E-state index contributed by atoms with van der Waals surface area (Å²) in [5, 5.41) is 1.50. The van der Waals surface area contributed by atoms with Crippen LogP contribution >= 0.6 is 15.9 Å². The van der Waals surface area contributed by atoms with E-state index in [0.717, 1.165) is 24.6 Å². The summed E-state index contributed by atoms with van der Waals surface area (Å²) in [4.78, 5) is -0.0535. The molecule has 5 nitrogen and oxygen atoms in total. The van der Waals surface area contributed by atoms with E-state index in [1.807, 2.05) is 12.1 Å². The molecule has 0 radical (unpaired) electrons. The quantitative estimate of drug-likeness (QED) is 0.373. The van der Waals surface area contributed by atoms with Crippen molar-refractivity contribution in [2.45, 2.75) is 16.8 Å². The third kappa shape index (κ3) is 3.54. The summed E-state index contributed by atoms with van der Waals surface area (Å²) in [5.74, 6) is -3.09. The lowest BCUT2D eigenvalue weighted by Gasteiger charge is -2.27. The monoisotopic (exact) mass is 498 g/mol. The lowest BCUT2D eigenvalue weighted by atomic mass is 10.0. The van der Waals surface area contributed by atoms with Crippen LogP contribution in [0.5, 0.6) is 0 Å². The van der Waals surface area contributed by atoms with Crippen LogP contribution in [0.25, 0.3) is 10.8 Å². The highest BCUT2D eigenvalue weighted by Crippen LogP contribution is 2.45. The lowest BCUT2D eigenvalue weighted by molar-refractivity contribution is -0.159. The van der Waals surface area contributed by atoms with E-state index in [9.17, 15) is 17.2 Å². The second kappa shape index (κ2) is 7.97. The van der Waals surface area contributed by atoms with Crippen molar-refractivity contribution in [2.75, 3.05) is 19.0 Å². The van der Waals surface area contributed by atoms with Crippen molar-refractivity contribution >= 4 is 36.8 Å². The molecule has 158 valence electrons. The van der Waals surface area contributed by atoms with Crippen molar-refractivity contribution < 1.29 is 30.9 Å². The van der Waals surface area contributed by atoms with Crippen LogP contribution < -0.4 is 0 Å². The Balaban J connectivity index is 1.87. The van der Waals surface area contributed by atoms with Crippen LogP contribution in [0.1, 0.15) is 17.2 Å². The Labute approximate surface area is 180 Å². The molecule has 0 amide bonds. The van der Waals surface area contributed by atoms with Gasteiger partial charge in [-0.2, -0.15) is 8.42 Å². The van der Waals surface area contributed by atoms with E-state index in [1.165, 1.54) is 12.1 Å². The molecule has 0 spiro atoms. The molecule has 0 bridgehead atoms. The van der Waals surface area contributed by atoms with Crippen molar-refractivity contribution in [2.24, 2.45) is 0 Å². The zero-order chi connectivity index (χ0) is 21.5. The average molecular weight is 499 g/mol. The fraction of sp³-hybridized carbons (Fsp3) is 0.238. The Morgan fingerprint density at radius 2 is 1.93 bits per heavy atom. The highest BCUT2D eigenvalue weighted by atomic mass is 79.9. The van der Waals surface area contributed by atoms with Crippen LogP contribution in [0.15, 0.2) is 59.5 Å². The first kappa shape index (κ1) is 21.3. The fourth-order valence-electron chi connectivity index (χ4n) is 3.65. The average Bonchev–Trinajstić information content (AvgIpc) is 3.18. The van der Waals surface area contributed by atoms with Gasteiger partial charge in [0.25, 0.3) is 10.1 Å². The molecule has 0 unspecified atom stereocenters. The van der Waals surface area contributed by atoms with Gasteiger partial charge in [0.15, 0.2) is 0 Å². The van der Waals surface area contributed by atoms with Gasteiger partial charge in [0.1, 0.15) is 22.6 Å². The molecule has 30 heavy (non-hydrogen) atoms. The van der Waals surface area contributed by atoms with Crippen molar-refractivity contribution in [3.8, 4) is 0 Å². The minimum atomic E-state index is -4.05. The summed E-state index contributed by atoms with van der Waals surface area (Å²) in [6, 6.07) is 13.5. The van der Waals surface area contributed by atoms with E-state index in [4.69, 9.17) is 13.7 Å². The maximum atomic E-state index is 14.5. The number of fused-ring (bicyclic) bond motifs is 1. The van der Waals surface area contributed by atoms with E-state index in [-0.39, 0.29) is 22.4 Å². The molecular weight excluding hydrogens is 482 g/mol. The van der Waals surface area contributed by atoms with Crippen molar-refractivity contribution in [3.63, 3.8) is 0 Å². The van der Waals surface area contributed by atoms with Gasteiger partial charge in [0.2, 0.25) is 5.79 Å². The van der Waals surface area contributed by atoms with Gasteiger partial charge in [-0.05, 0) is 29.0 Å². The molecule has 1 saturated heterocycles. The fourth-order valence-corrected chi connectivity index (χ4v) is 5.17. The molecule has 9 heteroatoms. The minimum Gasteiger partial charge on any atom is -0.342 e. The second-order valence-electron chi connectivity index (χ2n) is 6.75. The Kier molecular flexibility index (Phi) is 5.67. The van der Waals surface area contributed by atoms with E-state index in [1.54, 1.807) is 18.2 Å². The molecule has 0 N–H and O–H groups in total. The van der Waals surface area contributed by atoms with Gasteiger partial charge in [0.05, 0.1) is 19.0 Å². The van der Waals surface area contributed by atoms with E-state index >= 15 is 0 Å². The number of hydrogen-bond acceptors (Lipinski definition) is 5. The first-order chi connectivity index (χ1) is 14.3. The Bertz CT molecular complexity index is 1220. The van der Waals surface area contributed by atoms with Gasteiger partial charge in [-0.1, -0.05) is 46.3 Å². The number of halogens is 3. The topological polar surface area (TPSA) is 61.8 Å². The maximum Gasteiger partial charge on any atom is 0.297 e. The SMILES string of the molecule is COS(=O)(=O)c1ccc2ccccc2c1[C@@H]1CO[C@](CBr)(c2ccc(F)cc2F)O1. The zero-order valence-electron chi connectivity index (χ0n) is 15.8. The third-order valence-electron chi connectivity index (χ3n) is 5.06. The van der Waals surface area contributed by atoms with E-state index < -0.39 is 33.6 Å². The summed E-state index contributed by atoms with van der Waals surface area (Å²) >= 11 is 3.29. The number of hydrogen-bond donors (Lipinski definition) is 0. The molecule has 1 fully saturated rings. The zero-order valence-corrected chi connectivity index (χ0v) is 18.2. The van der Waals surface area contributed by atoms with E-state index in [0.29, 0.717) is 10.9 Å². The molecule has 1 aliphatic rings. The lowest BCUT2D eigenvalue weighted by Crippen LogP contribution is -2.30. The Morgan fingerprint density at radius 1 is 1.17 bits per heavy atom. The van der Waals surface area contributed by atoms with E-state index in [2.05, 4.69) is 15.9 Å². The number of rotatable bonds is 5. The Hall–Kier alpha value is -1.91. The van der Waals surface area contributed by atoms with Gasteiger partial charge in [-0.3, -0.25) is 4.18 Å². The van der Waals surface area contributed by atoms with Gasteiger partial charge < -0.3 is 9.47 Å². The summed E-state index contributed by atoms with van der Waals surface area (Å²) in [6.07, 6.45) is -0.835. The molecule has 0 saturated carbocycles. The molecule has 3 aromatic rings. The van der Waals surface area contributed by atoms with Gasteiger partial charge >= 0.3 is 0 Å². The predicted molar refractivity (Wildman–Crippen MR) is 110 cm³/mol. The van der Waals surface area contributed by atoms with Gasteiger partial charge in [-0.15, -0.1) is 0 Å². The second-order valence-corrected chi connectivity index (χ2v) is 8.99. The summed E-state index contributed by atoms with van der Waals surface area (Å²) in [6.45, 7) is -0.0390. The highest BCUT2D eigenvalue weighted by molar-refractivity contribution is 9.09. The summed E-state index contributed by atoms with van der Waals surface area (Å²) in [7, 11) is -2.97. The number of benzene rings is 3. The van der Waals surface area contributed by atoms with Crippen molar-refractivity contribution in [1.29, 1.82) is 0 Å². The minimum absolute atomic E-state index is 0.0136. The molecule has 0 aromatic heterocycles. The molecule has 4 rings (SSSR count). The van der Waals surface area contributed by atoms with Gasteiger partial charge in [-0.25, -0.2) is 8.78 Å². The third-order valence-corrected chi connectivity index (χ3v) is 7.13. The normalized spacial score (nSPS) is 21.9. The maximum absolute atomic E-state index is 14.5. The molecule has 1 heterocycles. The van der Waals surface area contributed by atoms with Crippen LogP contribution in [0.3, 0.4) is 0 Å². The number of alkyl halides is 1. The van der Waals surface area contributed by atoms with Crippen LogP contribution in [-0.4, -0.2) is 27.5 Å². The molecule has 3 aromatic carbocycles. The van der Waals surface area contributed by atoms with Crippen LogP contribution in [0.2, 0.25) is 0 Å². The van der Waals surface area contributed by atoms with Crippen molar-refractivity contribution in [3.05, 3.63) is 77.4 Å². The smallest absolute Gasteiger partial charge is 0.297 e.